The predicted octanol–water partition coefficient (Wildman–Crippen LogP) is 4.26. The first-order valence-corrected chi connectivity index (χ1v) is 11.7. The van der Waals surface area contributed by atoms with Crippen LogP contribution in [0.25, 0.3) is 11.1 Å². The van der Waals surface area contributed by atoms with Crippen molar-refractivity contribution in [3.8, 4) is 11.1 Å². The van der Waals surface area contributed by atoms with Gasteiger partial charge >= 0.3 is 12.1 Å². The highest BCUT2D eigenvalue weighted by Crippen LogP contribution is 2.45. The Morgan fingerprint density at radius 3 is 2.15 bits per heavy atom. The van der Waals surface area contributed by atoms with Crippen molar-refractivity contribution in [2.45, 2.75) is 45.1 Å². The van der Waals surface area contributed by atoms with Gasteiger partial charge in [-0.25, -0.2) is 4.79 Å². The van der Waals surface area contributed by atoms with Crippen LogP contribution in [0, 0.1) is 11.3 Å². The van der Waals surface area contributed by atoms with E-state index in [1.54, 1.807) is 7.05 Å². The van der Waals surface area contributed by atoms with Crippen molar-refractivity contribution in [1.29, 1.82) is 0 Å². The number of nitrogens with one attached hydrogen (secondary N) is 1. The Balaban J connectivity index is 1.38. The zero-order valence-electron chi connectivity index (χ0n) is 19.9. The van der Waals surface area contributed by atoms with Crippen molar-refractivity contribution in [3.63, 3.8) is 0 Å². The number of hydrogen-bond donors (Lipinski definition) is 2. The number of likely N-dealkylation sites (N-methyl/N-ethyl adjacent to an activating group) is 1. The molecule has 0 radical (unpaired) electrons. The van der Waals surface area contributed by atoms with Gasteiger partial charge in [-0.15, -0.1) is 0 Å². The maximum Gasteiger partial charge on any atom is 0.407 e. The van der Waals surface area contributed by atoms with Crippen LogP contribution in [-0.4, -0.2) is 54.2 Å². The van der Waals surface area contributed by atoms with Crippen molar-refractivity contribution in [2.24, 2.45) is 11.3 Å². The van der Waals surface area contributed by atoms with Gasteiger partial charge in [0.1, 0.15) is 12.6 Å². The molecule has 2 aromatic carbocycles. The summed E-state index contributed by atoms with van der Waals surface area (Å²) in [6.45, 7) is 5.03. The van der Waals surface area contributed by atoms with Gasteiger partial charge in [-0.3, -0.25) is 9.59 Å². The van der Waals surface area contributed by atoms with Gasteiger partial charge in [0.2, 0.25) is 5.91 Å². The summed E-state index contributed by atoms with van der Waals surface area (Å²) in [6, 6.07) is 14.8. The van der Waals surface area contributed by atoms with E-state index in [4.69, 9.17) is 4.74 Å². The van der Waals surface area contributed by atoms with Crippen LogP contribution in [0.3, 0.4) is 0 Å². The number of nitrogens with zero attached hydrogens (tertiary/aromatic N) is 1. The van der Waals surface area contributed by atoms with Gasteiger partial charge in [0.05, 0.1) is 6.42 Å². The maximum atomic E-state index is 12.9. The first-order chi connectivity index (χ1) is 16.1. The van der Waals surface area contributed by atoms with Crippen LogP contribution in [-0.2, 0) is 14.3 Å². The highest BCUT2D eigenvalue weighted by atomic mass is 16.5. The minimum Gasteiger partial charge on any atom is -0.481 e. The van der Waals surface area contributed by atoms with Crippen LogP contribution in [0.5, 0.6) is 0 Å². The largest absolute Gasteiger partial charge is 0.481 e. The third kappa shape index (κ3) is 5.08. The summed E-state index contributed by atoms with van der Waals surface area (Å²) in [5.41, 5.74) is 4.68. The number of carbonyl (C=O) groups excluding carboxylic acids is 2. The second-order valence-electron chi connectivity index (χ2n) is 10.3. The molecule has 1 fully saturated rings. The lowest BCUT2D eigenvalue weighted by Crippen LogP contribution is -2.51. The number of aliphatic carboxylic acids is 1. The fourth-order valence-electron chi connectivity index (χ4n) is 5.53. The highest BCUT2D eigenvalue weighted by Gasteiger charge is 2.38. The van der Waals surface area contributed by atoms with Crippen molar-refractivity contribution in [1.82, 2.24) is 10.2 Å². The van der Waals surface area contributed by atoms with Crippen molar-refractivity contribution in [3.05, 3.63) is 59.7 Å². The molecule has 7 heteroatoms. The minimum absolute atomic E-state index is 0.0981. The van der Waals surface area contributed by atoms with Crippen LogP contribution >= 0.6 is 0 Å². The molecule has 4 rings (SSSR count). The molecule has 2 aliphatic rings. The van der Waals surface area contributed by atoms with Crippen LogP contribution in [0.15, 0.2) is 48.5 Å². The second-order valence-corrected chi connectivity index (χ2v) is 10.3. The van der Waals surface area contributed by atoms with Crippen LogP contribution in [0.4, 0.5) is 4.79 Å². The van der Waals surface area contributed by atoms with Gasteiger partial charge in [0, 0.05) is 19.5 Å². The Morgan fingerprint density at radius 2 is 1.62 bits per heavy atom. The van der Waals surface area contributed by atoms with Gasteiger partial charge < -0.3 is 20.1 Å². The number of carboxylic acids is 1. The maximum absolute atomic E-state index is 12.9. The number of alkyl carbamates (subject to hydrolysis) is 1. The minimum atomic E-state index is -1.17. The second kappa shape index (κ2) is 9.49. The van der Waals surface area contributed by atoms with Gasteiger partial charge in [-0.05, 0) is 46.4 Å². The molecule has 2 aromatic rings. The number of carboxylic acid groups (broad SMARTS) is 1. The lowest BCUT2D eigenvalue weighted by Gasteiger charge is -2.44. The van der Waals surface area contributed by atoms with E-state index in [2.05, 4.69) is 31.3 Å². The van der Waals surface area contributed by atoms with E-state index in [1.807, 2.05) is 36.4 Å². The highest BCUT2D eigenvalue weighted by molar-refractivity contribution is 5.89. The van der Waals surface area contributed by atoms with E-state index >= 15 is 0 Å². The monoisotopic (exact) mass is 464 g/mol. The molecule has 2 N–H and O–H groups in total. The first kappa shape index (κ1) is 23.8. The third-order valence-electron chi connectivity index (χ3n) is 6.90. The van der Waals surface area contributed by atoms with Crippen LogP contribution < -0.4 is 5.32 Å². The molecule has 7 nitrogen and oxygen atoms in total. The Morgan fingerprint density at radius 1 is 1.06 bits per heavy atom. The smallest absolute Gasteiger partial charge is 0.407 e. The van der Waals surface area contributed by atoms with E-state index in [9.17, 15) is 19.5 Å². The van der Waals surface area contributed by atoms with Crippen molar-refractivity contribution < 1.29 is 24.2 Å². The Labute approximate surface area is 200 Å². The summed E-state index contributed by atoms with van der Waals surface area (Å²) in [5, 5.41) is 11.8. The fourth-order valence-corrected chi connectivity index (χ4v) is 5.53. The van der Waals surface area contributed by atoms with E-state index < -0.39 is 30.4 Å². The van der Waals surface area contributed by atoms with E-state index in [0.717, 1.165) is 35.1 Å². The molecule has 0 bridgehead atoms. The molecule has 1 unspecified atom stereocenters. The standard InChI is InChI=1S/C27H32N2O5/c1-27(2)13-17(14-27)15-29(3)25(32)23(12-24(30)31)28-26(33)34-16-22-20-10-6-4-8-18(20)19-9-5-7-11-21(19)22/h4-11,17,22-23H,12-16H2,1-3H3,(H,28,33)(H,30,31). The summed E-state index contributed by atoms with van der Waals surface area (Å²) >= 11 is 0. The molecule has 0 saturated heterocycles. The normalized spacial score (nSPS) is 17.1. The average molecular weight is 465 g/mol. The zero-order chi connectivity index (χ0) is 24.5. The van der Waals surface area contributed by atoms with Crippen molar-refractivity contribution >= 4 is 18.0 Å². The number of carbonyl (C=O) groups is 3. The zero-order valence-corrected chi connectivity index (χ0v) is 19.9. The number of fused-ring (bicyclic) bond motifs is 3. The summed E-state index contributed by atoms with van der Waals surface area (Å²) in [5.74, 6) is -1.30. The number of hydrogen-bond acceptors (Lipinski definition) is 4. The van der Waals surface area contributed by atoms with E-state index in [-0.39, 0.29) is 17.9 Å². The van der Waals surface area contributed by atoms with Gasteiger partial charge in [-0.2, -0.15) is 0 Å². The van der Waals surface area contributed by atoms with E-state index in [1.165, 1.54) is 4.90 Å². The Bertz CT molecular complexity index is 1040. The third-order valence-corrected chi connectivity index (χ3v) is 6.90. The Hall–Kier alpha value is -3.35. The van der Waals surface area contributed by atoms with Crippen molar-refractivity contribution in [2.75, 3.05) is 20.2 Å². The quantitative estimate of drug-likeness (QED) is 0.609. The molecule has 2 aliphatic carbocycles. The molecule has 0 heterocycles. The summed E-state index contributed by atoms with van der Waals surface area (Å²) < 4.78 is 5.51. The van der Waals surface area contributed by atoms with Gasteiger partial charge in [-0.1, -0.05) is 62.4 Å². The topological polar surface area (TPSA) is 95.9 Å². The summed E-state index contributed by atoms with van der Waals surface area (Å²) in [7, 11) is 1.65. The SMILES string of the molecule is CN(CC1CC(C)(C)C1)C(=O)C(CC(=O)O)NC(=O)OCC1c2ccccc2-c2ccccc21. The number of benzene rings is 2. The molecular weight excluding hydrogens is 432 g/mol. The summed E-state index contributed by atoms with van der Waals surface area (Å²) in [6.07, 6.45) is 0.755. The fraction of sp³-hybridized carbons (Fsp3) is 0.444. The van der Waals surface area contributed by atoms with Gasteiger partial charge in [0.15, 0.2) is 0 Å². The molecular formula is C27H32N2O5. The molecule has 180 valence electrons. The molecule has 0 aliphatic heterocycles. The lowest BCUT2D eigenvalue weighted by atomic mass is 9.64. The number of ether oxygens (including phenoxy) is 1. The Kier molecular flexibility index (Phi) is 6.64. The van der Waals surface area contributed by atoms with Gasteiger partial charge in [0.25, 0.3) is 0 Å². The molecule has 0 aromatic heterocycles. The van der Waals surface area contributed by atoms with Crippen LogP contribution in [0.2, 0.25) is 0 Å². The van der Waals surface area contributed by atoms with E-state index in [0.29, 0.717) is 12.5 Å². The first-order valence-electron chi connectivity index (χ1n) is 11.7. The molecule has 0 spiro atoms. The van der Waals surface area contributed by atoms with Crippen LogP contribution in [0.1, 0.15) is 50.2 Å². The average Bonchev–Trinajstić information content (AvgIpc) is 3.09. The summed E-state index contributed by atoms with van der Waals surface area (Å²) in [4.78, 5) is 38.4. The molecule has 34 heavy (non-hydrogen) atoms. The number of rotatable bonds is 8. The predicted molar refractivity (Wildman–Crippen MR) is 128 cm³/mol. The molecule has 2 amide bonds. The molecule has 1 saturated carbocycles. The molecule has 1 atom stereocenters. The lowest BCUT2D eigenvalue weighted by molar-refractivity contribution is -0.142. The number of amides is 2.